The first-order chi connectivity index (χ1) is 29.8. The van der Waals surface area contributed by atoms with Crippen LogP contribution in [-0.2, 0) is 5.41 Å². The summed E-state index contributed by atoms with van der Waals surface area (Å²) in [6, 6.07) is 72.6. The number of fused-ring (bicyclic) bond motifs is 11. The van der Waals surface area contributed by atoms with Gasteiger partial charge in [-0.3, -0.25) is 0 Å². The highest BCUT2D eigenvalue weighted by Crippen LogP contribution is 2.65. The Labute approximate surface area is 352 Å². The average Bonchev–Trinajstić information content (AvgIpc) is 3.79. The van der Waals surface area contributed by atoms with E-state index in [1.165, 1.54) is 77.2 Å². The Morgan fingerprint density at radius 3 is 1.87 bits per heavy atom. The van der Waals surface area contributed by atoms with Gasteiger partial charge in [0.05, 0.1) is 5.41 Å². The first-order valence-electron chi connectivity index (χ1n) is 21.4. The van der Waals surface area contributed by atoms with E-state index in [0.717, 1.165) is 29.9 Å². The molecule has 0 bridgehead atoms. The molecule has 284 valence electrons. The molecule has 0 saturated heterocycles. The SMILES string of the molecule is C1=CC2c3ccccc3C3(c4ccccc4-c4ccc(N(c5ccc(C6=c7ccccc7=CCC6)cc5)c5ccc(-c6ccccc6)c(-c6ccccc6)c5)cc43)C2C=C1. The van der Waals surface area contributed by atoms with Crippen LogP contribution in [0.5, 0.6) is 0 Å². The summed E-state index contributed by atoms with van der Waals surface area (Å²) in [6.45, 7) is 0. The van der Waals surface area contributed by atoms with Gasteiger partial charge >= 0.3 is 0 Å². The van der Waals surface area contributed by atoms with Crippen molar-refractivity contribution in [3.63, 3.8) is 0 Å². The van der Waals surface area contributed by atoms with E-state index in [4.69, 9.17) is 0 Å². The highest BCUT2D eigenvalue weighted by Gasteiger charge is 2.57. The van der Waals surface area contributed by atoms with Gasteiger partial charge in [-0.2, -0.15) is 0 Å². The Hall–Kier alpha value is -7.22. The summed E-state index contributed by atoms with van der Waals surface area (Å²) in [5.41, 5.74) is 19.0. The van der Waals surface area contributed by atoms with Crippen LogP contribution in [0.2, 0.25) is 0 Å². The Morgan fingerprint density at radius 2 is 1.05 bits per heavy atom. The largest absolute Gasteiger partial charge is 0.310 e. The minimum Gasteiger partial charge on any atom is -0.310 e. The second kappa shape index (κ2) is 14.0. The Balaban J connectivity index is 1.09. The standard InChI is InChI=1S/C59H43N/c1-3-16-40(17-4-1)49-36-34-45(38-54(49)42-18-5-2-6-19-42)60(44-32-30-43(31-33-44)48-26-15-21-41-20-7-8-22-47(41)48)46-35-37-53-52-25-11-14-29-57(52)59(58(53)39-46)55-27-12-9-23-50(55)51-24-10-13-28-56(51)59/h1-14,16-25,27-39,50,55H,15,26H2. The van der Waals surface area contributed by atoms with Crippen molar-refractivity contribution in [1.82, 2.24) is 0 Å². The van der Waals surface area contributed by atoms with E-state index in [2.05, 4.69) is 229 Å². The van der Waals surface area contributed by atoms with Crippen LogP contribution in [0.15, 0.2) is 218 Å². The van der Waals surface area contributed by atoms with Crippen LogP contribution in [0.25, 0.3) is 45.0 Å². The van der Waals surface area contributed by atoms with Crippen LogP contribution in [0, 0.1) is 5.92 Å². The van der Waals surface area contributed by atoms with Crippen LogP contribution in [-0.4, -0.2) is 0 Å². The van der Waals surface area contributed by atoms with E-state index in [1.54, 1.807) is 0 Å². The molecule has 0 N–H and O–H groups in total. The van der Waals surface area contributed by atoms with E-state index in [1.807, 2.05) is 0 Å². The van der Waals surface area contributed by atoms with Crippen molar-refractivity contribution in [1.29, 1.82) is 0 Å². The Morgan fingerprint density at radius 1 is 0.433 bits per heavy atom. The lowest BCUT2D eigenvalue weighted by Crippen LogP contribution is -2.33. The molecule has 4 aliphatic carbocycles. The molecule has 8 aromatic rings. The number of rotatable bonds is 6. The van der Waals surface area contributed by atoms with Gasteiger partial charge in [0, 0.05) is 28.9 Å². The molecule has 8 aromatic carbocycles. The third kappa shape index (κ3) is 5.25. The van der Waals surface area contributed by atoms with Crippen molar-refractivity contribution in [3.8, 4) is 33.4 Å². The summed E-state index contributed by atoms with van der Waals surface area (Å²) < 4.78 is 0. The van der Waals surface area contributed by atoms with Crippen LogP contribution in [0.3, 0.4) is 0 Å². The zero-order chi connectivity index (χ0) is 39.6. The number of hydrogen-bond acceptors (Lipinski definition) is 1. The third-order valence-corrected chi connectivity index (χ3v) is 13.7. The van der Waals surface area contributed by atoms with Crippen LogP contribution < -0.4 is 15.3 Å². The molecule has 4 aliphatic rings. The summed E-state index contributed by atoms with van der Waals surface area (Å²) in [5.74, 6) is 0.587. The summed E-state index contributed by atoms with van der Waals surface area (Å²) in [7, 11) is 0. The van der Waals surface area contributed by atoms with E-state index in [9.17, 15) is 0 Å². The molecule has 0 heterocycles. The fourth-order valence-electron chi connectivity index (χ4n) is 11.1. The maximum Gasteiger partial charge on any atom is 0.0538 e. The minimum absolute atomic E-state index is 0.271. The average molecular weight is 766 g/mol. The lowest BCUT2D eigenvalue weighted by molar-refractivity contribution is 0.465. The van der Waals surface area contributed by atoms with Crippen LogP contribution in [0.1, 0.15) is 46.6 Å². The van der Waals surface area contributed by atoms with Crippen LogP contribution in [0.4, 0.5) is 17.1 Å². The van der Waals surface area contributed by atoms with Gasteiger partial charge in [-0.15, -0.1) is 0 Å². The molecule has 0 aliphatic heterocycles. The van der Waals surface area contributed by atoms with Crippen molar-refractivity contribution in [3.05, 3.63) is 257 Å². The molecule has 12 rings (SSSR count). The van der Waals surface area contributed by atoms with Crippen LogP contribution >= 0.6 is 0 Å². The van der Waals surface area contributed by atoms with E-state index < -0.39 is 0 Å². The van der Waals surface area contributed by atoms with Gasteiger partial charge in [0.25, 0.3) is 0 Å². The highest BCUT2D eigenvalue weighted by atomic mass is 15.1. The molecular weight excluding hydrogens is 723 g/mol. The van der Waals surface area contributed by atoms with Crippen molar-refractivity contribution in [2.75, 3.05) is 4.90 Å². The van der Waals surface area contributed by atoms with Gasteiger partial charge in [-0.25, -0.2) is 0 Å². The molecule has 0 fully saturated rings. The van der Waals surface area contributed by atoms with Crippen molar-refractivity contribution < 1.29 is 0 Å². The van der Waals surface area contributed by atoms with Gasteiger partial charge in [0.15, 0.2) is 0 Å². The lowest BCUT2D eigenvalue weighted by atomic mass is 9.65. The molecule has 0 amide bonds. The normalized spacial score (nSPS) is 18.9. The van der Waals surface area contributed by atoms with E-state index >= 15 is 0 Å². The first-order valence-corrected chi connectivity index (χ1v) is 21.4. The molecule has 0 aromatic heterocycles. The van der Waals surface area contributed by atoms with Gasteiger partial charge in [-0.05, 0) is 126 Å². The van der Waals surface area contributed by atoms with Gasteiger partial charge in [0.2, 0.25) is 0 Å². The molecule has 3 unspecified atom stereocenters. The fraction of sp³-hybridized carbons (Fsp3) is 0.0847. The number of benzene rings is 8. The molecule has 60 heavy (non-hydrogen) atoms. The summed E-state index contributed by atoms with van der Waals surface area (Å²) in [4.78, 5) is 2.49. The lowest BCUT2D eigenvalue weighted by Gasteiger charge is -2.37. The third-order valence-electron chi connectivity index (χ3n) is 13.7. The number of allylic oxidation sites excluding steroid dienone is 4. The zero-order valence-corrected chi connectivity index (χ0v) is 33.4. The molecule has 0 saturated carbocycles. The topological polar surface area (TPSA) is 3.24 Å². The van der Waals surface area contributed by atoms with Gasteiger partial charge in [0.1, 0.15) is 0 Å². The number of hydrogen-bond donors (Lipinski definition) is 0. The first kappa shape index (κ1) is 34.8. The molecule has 1 nitrogen and oxygen atoms in total. The Kier molecular flexibility index (Phi) is 8.10. The molecule has 1 heteroatoms. The van der Waals surface area contributed by atoms with Crippen molar-refractivity contribution >= 4 is 28.7 Å². The van der Waals surface area contributed by atoms with Crippen molar-refractivity contribution in [2.45, 2.75) is 24.2 Å². The highest BCUT2D eigenvalue weighted by molar-refractivity contribution is 5.92. The smallest absolute Gasteiger partial charge is 0.0538 e. The minimum atomic E-state index is -0.311. The van der Waals surface area contributed by atoms with Gasteiger partial charge < -0.3 is 4.90 Å². The second-order valence-electron chi connectivity index (χ2n) is 16.6. The quantitative estimate of drug-likeness (QED) is 0.163. The summed E-state index contributed by atoms with van der Waals surface area (Å²) >= 11 is 0. The zero-order valence-electron chi connectivity index (χ0n) is 33.4. The summed E-state index contributed by atoms with van der Waals surface area (Å²) in [5, 5.41) is 2.69. The Bertz CT molecular complexity index is 3150. The fourth-order valence-corrected chi connectivity index (χ4v) is 11.1. The number of anilines is 3. The molecule has 3 atom stereocenters. The van der Waals surface area contributed by atoms with Gasteiger partial charge in [-0.1, -0.05) is 188 Å². The van der Waals surface area contributed by atoms with Crippen molar-refractivity contribution in [2.24, 2.45) is 5.92 Å². The second-order valence-corrected chi connectivity index (χ2v) is 16.6. The maximum atomic E-state index is 2.53. The molecular formula is C59H43N. The predicted octanol–water partition coefficient (Wildman–Crippen LogP) is 13.4. The summed E-state index contributed by atoms with van der Waals surface area (Å²) in [6.07, 6.45) is 13.9. The molecule has 0 radical (unpaired) electrons. The van der Waals surface area contributed by atoms with E-state index in [0.29, 0.717) is 5.92 Å². The predicted molar refractivity (Wildman–Crippen MR) is 250 cm³/mol. The monoisotopic (exact) mass is 765 g/mol. The number of nitrogens with zero attached hydrogens (tertiary/aromatic N) is 1. The maximum absolute atomic E-state index is 2.53. The van der Waals surface area contributed by atoms with E-state index in [-0.39, 0.29) is 11.3 Å². The molecule has 1 spiro atoms.